The van der Waals surface area contributed by atoms with E-state index in [2.05, 4.69) is 4.99 Å². The van der Waals surface area contributed by atoms with Crippen molar-refractivity contribution < 1.29 is 19.2 Å². The van der Waals surface area contributed by atoms with Crippen molar-refractivity contribution in [3.8, 4) is 5.75 Å². The summed E-state index contributed by atoms with van der Waals surface area (Å²) in [4.78, 5) is 26.9. The molecule has 7 nitrogen and oxygen atoms in total. The number of benzene rings is 3. The Kier molecular flexibility index (Phi) is 5.77. The van der Waals surface area contributed by atoms with E-state index in [0.717, 1.165) is 0 Å². The van der Waals surface area contributed by atoms with Gasteiger partial charge in [-0.3, -0.25) is 10.1 Å². The van der Waals surface area contributed by atoms with E-state index in [-0.39, 0.29) is 23.9 Å². The number of halogens is 1. The molecule has 0 aliphatic carbocycles. The van der Waals surface area contributed by atoms with E-state index >= 15 is 0 Å². The van der Waals surface area contributed by atoms with Crippen LogP contribution in [0.15, 0.2) is 83.5 Å². The highest BCUT2D eigenvalue weighted by Crippen LogP contribution is 2.25. The number of nitro groups is 1. The van der Waals surface area contributed by atoms with Gasteiger partial charge in [0.15, 0.2) is 5.70 Å². The van der Waals surface area contributed by atoms with E-state index in [1.165, 1.54) is 12.1 Å². The normalized spacial score (nSPS) is 14.3. The quantitative estimate of drug-likeness (QED) is 0.231. The summed E-state index contributed by atoms with van der Waals surface area (Å²) in [6.45, 7) is 0.165. The molecule has 0 radical (unpaired) electrons. The molecule has 1 heterocycles. The van der Waals surface area contributed by atoms with Crippen molar-refractivity contribution >= 4 is 35.2 Å². The van der Waals surface area contributed by atoms with Crippen molar-refractivity contribution in [2.75, 3.05) is 0 Å². The summed E-state index contributed by atoms with van der Waals surface area (Å²) in [6.07, 6.45) is 1.59. The van der Waals surface area contributed by atoms with Gasteiger partial charge in [-0.05, 0) is 41.5 Å². The number of non-ortho nitro benzene ring substituents is 1. The Labute approximate surface area is 182 Å². The van der Waals surface area contributed by atoms with Crippen molar-refractivity contribution in [2.45, 2.75) is 6.61 Å². The summed E-state index contributed by atoms with van der Waals surface area (Å²) in [6, 6.07) is 20.3. The number of esters is 1. The van der Waals surface area contributed by atoms with Gasteiger partial charge in [0.1, 0.15) is 12.4 Å². The molecule has 0 unspecified atom stereocenters. The van der Waals surface area contributed by atoms with E-state index < -0.39 is 10.9 Å². The molecule has 3 aromatic rings. The van der Waals surface area contributed by atoms with Crippen LogP contribution in [-0.2, 0) is 16.1 Å². The molecule has 0 atom stereocenters. The van der Waals surface area contributed by atoms with Crippen molar-refractivity contribution in [1.82, 2.24) is 0 Å². The predicted molar refractivity (Wildman–Crippen MR) is 116 cm³/mol. The minimum Gasteiger partial charge on any atom is -0.489 e. The van der Waals surface area contributed by atoms with Gasteiger partial charge >= 0.3 is 5.97 Å². The fourth-order valence-electron chi connectivity index (χ4n) is 2.94. The summed E-state index contributed by atoms with van der Waals surface area (Å²) < 4.78 is 11.0. The number of hydrogen-bond acceptors (Lipinski definition) is 6. The smallest absolute Gasteiger partial charge is 0.363 e. The Hall–Kier alpha value is -3.97. The van der Waals surface area contributed by atoms with Gasteiger partial charge in [-0.1, -0.05) is 48.0 Å². The highest BCUT2D eigenvalue weighted by atomic mass is 35.5. The van der Waals surface area contributed by atoms with E-state index in [1.54, 1.807) is 66.7 Å². The lowest BCUT2D eigenvalue weighted by Gasteiger charge is -2.07. The number of rotatable bonds is 6. The van der Waals surface area contributed by atoms with Crippen LogP contribution in [0.25, 0.3) is 6.08 Å². The second-order valence-electron chi connectivity index (χ2n) is 6.60. The summed E-state index contributed by atoms with van der Waals surface area (Å²) in [5.41, 5.74) is 2.05. The minimum atomic E-state index is -0.571. The Morgan fingerprint density at radius 1 is 1.06 bits per heavy atom. The minimum absolute atomic E-state index is 0.00603. The monoisotopic (exact) mass is 434 g/mol. The zero-order valence-corrected chi connectivity index (χ0v) is 16.8. The number of nitrogens with zero attached hydrogens (tertiary/aromatic N) is 2. The molecule has 0 amide bonds. The molecule has 3 aromatic carbocycles. The zero-order valence-electron chi connectivity index (χ0n) is 16.0. The van der Waals surface area contributed by atoms with Crippen LogP contribution in [0.3, 0.4) is 0 Å². The van der Waals surface area contributed by atoms with Crippen molar-refractivity contribution in [1.29, 1.82) is 0 Å². The van der Waals surface area contributed by atoms with Crippen LogP contribution < -0.4 is 4.74 Å². The molecule has 4 rings (SSSR count). The van der Waals surface area contributed by atoms with Crippen molar-refractivity contribution in [3.05, 3.63) is 110 Å². The molecule has 1 aliphatic heterocycles. The van der Waals surface area contributed by atoms with Crippen molar-refractivity contribution in [3.63, 3.8) is 0 Å². The number of carbonyl (C=O) groups excluding carboxylic acids is 1. The molecular formula is C23H15ClN2O5. The molecule has 0 N–H and O–H groups in total. The van der Waals surface area contributed by atoms with Crippen molar-refractivity contribution in [2.24, 2.45) is 4.99 Å². The van der Waals surface area contributed by atoms with E-state index in [1.807, 2.05) is 0 Å². The van der Waals surface area contributed by atoms with Crippen LogP contribution in [0.5, 0.6) is 5.75 Å². The average Bonchev–Trinajstić information content (AvgIpc) is 3.13. The van der Waals surface area contributed by atoms with Gasteiger partial charge in [0.25, 0.3) is 5.69 Å². The van der Waals surface area contributed by atoms with Gasteiger partial charge in [0, 0.05) is 12.1 Å². The molecule has 0 saturated heterocycles. The third kappa shape index (κ3) is 4.79. The van der Waals surface area contributed by atoms with E-state index in [4.69, 9.17) is 21.1 Å². The molecular weight excluding hydrogens is 420 g/mol. The van der Waals surface area contributed by atoms with Gasteiger partial charge in [-0.2, -0.15) is 0 Å². The maximum Gasteiger partial charge on any atom is 0.363 e. The first-order valence-corrected chi connectivity index (χ1v) is 9.61. The molecule has 154 valence electrons. The summed E-state index contributed by atoms with van der Waals surface area (Å²) in [5, 5.41) is 11.3. The molecule has 0 spiro atoms. The second kappa shape index (κ2) is 8.81. The van der Waals surface area contributed by atoms with Crippen LogP contribution in [0.1, 0.15) is 16.7 Å². The molecule has 1 aliphatic rings. The average molecular weight is 435 g/mol. The number of aliphatic imine (C=N–C) groups is 1. The van der Waals surface area contributed by atoms with E-state index in [0.29, 0.717) is 27.5 Å². The Balaban J connectivity index is 1.51. The Morgan fingerprint density at radius 2 is 1.87 bits per heavy atom. The molecule has 0 aromatic heterocycles. The predicted octanol–water partition coefficient (Wildman–Crippen LogP) is 5.17. The number of carbonyl (C=O) groups is 1. The largest absolute Gasteiger partial charge is 0.489 e. The maximum absolute atomic E-state index is 12.2. The lowest BCUT2D eigenvalue weighted by molar-refractivity contribution is -0.384. The molecule has 0 fully saturated rings. The highest BCUT2D eigenvalue weighted by Gasteiger charge is 2.25. The SMILES string of the molecule is O=C1OC(c2ccccc2Cl)=N/C1=C\c1cccc(OCc2cccc([N+](=O)[O-])c2)c1. The first kappa shape index (κ1) is 20.3. The molecule has 31 heavy (non-hydrogen) atoms. The van der Waals surface area contributed by atoms with Gasteiger partial charge < -0.3 is 9.47 Å². The van der Waals surface area contributed by atoms with Crippen LogP contribution in [0.2, 0.25) is 5.02 Å². The number of ether oxygens (including phenoxy) is 2. The number of hydrogen-bond donors (Lipinski definition) is 0. The van der Waals surface area contributed by atoms with Gasteiger partial charge in [-0.15, -0.1) is 0 Å². The maximum atomic E-state index is 12.2. The summed E-state index contributed by atoms with van der Waals surface area (Å²) in [7, 11) is 0. The highest BCUT2D eigenvalue weighted by molar-refractivity contribution is 6.34. The van der Waals surface area contributed by atoms with Gasteiger partial charge in [-0.25, -0.2) is 9.79 Å². The third-order valence-electron chi connectivity index (χ3n) is 4.41. The Bertz CT molecular complexity index is 1240. The fraction of sp³-hybridized carbons (Fsp3) is 0.0435. The molecule has 0 bridgehead atoms. The number of nitro benzene ring substituents is 1. The lowest BCUT2D eigenvalue weighted by atomic mass is 10.2. The first-order valence-electron chi connectivity index (χ1n) is 9.23. The Morgan fingerprint density at radius 3 is 2.68 bits per heavy atom. The lowest BCUT2D eigenvalue weighted by Crippen LogP contribution is -2.05. The topological polar surface area (TPSA) is 91.0 Å². The summed E-state index contributed by atoms with van der Waals surface area (Å²) >= 11 is 6.15. The van der Waals surface area contributed by atoms with Crippen LogP contribution in [-0.4, -0.2) is 16.8 Å². The number of cyclic esters (lactones) is 1. The standard InChI is InChI=1S/C23H15ClN2O5/c24-20-10-2-1-9-19(20)22-25-21(23(27)31-22)13-15-5-4-8-18(12-15)30-14-16-6-3-7-17(11-16)26(28)29/h1-13H,14H2/b21-13-. The van der Waals surface area contributed by atoms with E-state index in [9.17, 15) is 14.9 Å². The summed E-state index contributed by atoms with van der Waals surface area (Å²) in [5.74, 6) is 0.125. The third-order valence-corrected chi connectivity index (χ3v) is 4.74. The van der Waals surface area contributed by atoms with Crippen LogP contribution in [0.4, 0.5) is 5.69 Å². The zero-order chi connectivity index (χ0) is 21.8. The molecule has 8 heteroatoms. The first-order chi connectivity index (χ1) is 15.0. The second-order valence-corrected chi connectivity index (χ2v) is 7.01. The molecule has 0 saturated carbocycles. The van der Waals surface area contributed by atoms with Gasteiger partial charge in [0.2, 0.25) is 5.90 Å². The fourth-order valence-corrected chi connectivity index (χ4v) is 3.15. The van der Waals surface area contributed by atoms with Crippen LogP contribution in [0, 0.1) is 10.1 Å². The van der Waals surface area contributed by atoms with Crippen LogP contribution >= 0.6 is 11.6 Å². The van der Waals surface area contributed by atoms with Gasteiger partial charge in [0.05, 0.1) is 15.5 Å².